The molecule has 0 aliphatic rings. The zero-order chi connectivity index (χ0) is 14.4. The molecule has 0 aliphatic heterocycles. The van der Waals surface area contributed by atoms with Crippen LogP contribution in [0.1, 0.15) is 5.82 Å². The summed E-state index contributed by atoms with van der Waals surface area (Å²) in [6.45, 7) is 0.837. The van der Waals surface area contributed by atoms with Crippen LogP contribution in [0, 0.1) is 0 Å². The van der Waals surface area contributed by atoms with Crippen molar-refractivity contribution < 1.29 is 9.53 Å². The molecule has 0 radical (unpaired) electrons. The van der Waals surface area contributed by atoms with E-state index in [-0.39, 0.29) is 12.5 Å². The predicted octanol–water partition coefficient (Wildman–Crippen LogP) is 1.25. The number of nitrogens with one attached hydrogen (secondary N) is 2. The molecule has 0 aliphatic carbocycles. The van der Waals surface area contributed by atoms with Gasteiger partial charge >= 0.3 is 0 Å². The molecule has 0 atom stereocenters. The second kappa shape index (κ2) is 6.72. The summed E-state index contributed by atoms with van der Waals surface area (Å²) in [5.74, 6) is 1.34. The third-order valence-corrected chi connectivity index (χ3v) is 2.83. The average Bonchev–Trinajstić information content (AvgIpc) is 2.87. The Kier molecular flexibility index (Phi) is 4.73. The van der Waals surface area contributed by atoms with Gasteiger partial charge in [-0.25, -0.2) is 4.98 Å². The van der Waals surface area contributed by atoms with E-state index in [0.717, 1.165) is 5.82 Å². The molecular formula is C14H18N4O2. The van der Waals surface area contributed by atoms with Gasteiger partial charge in [-0.05, 0) is 19.2 Å². The molecule has 0 bridgehead atoms. The quantitative estimate of drug-likeness (QED) is 0.832. The number of aromatic nitrogens is 2. The van der Waals surface area contributed by atoms with Crippen molar-refractivity contribution in [3.8, 4) is 5.75 Å². The average molecular weight is 274 g/mol. The number of nitrogens with zero attached hydrogens (tertiary/aromatic N) is 2. The number of hydrogen-bond donors (Lipinski definition) is 2. The fraction of sp³-hybridized carbons (Fsp3) is 0.286. The lowest BCUT2D eigenvalue weighted by atomic mass is 10.3. The Bertz CT molecular complexity index is 580. The number of carbonyl (C=O) groups excluding carboxylic acids is 1. The predicted molar refractivity (Wildman–Crippen MR) is 76.6 cm³/mol. The van der Waals surface area contributed by atoms with E-state index in [1.165, 1.54) is 0 Å². The van der Waals surface area contributed by atoms with Gasteiger partial charge < -0.3 is 19.9 Å². The monoisotopic (exact) mass is 274 g/mol. The van der Waals surface area contributed by atoms with E-state index >= 15 is 0 Å². The molecule has 1 heterocycles. The highest BCUT2D eigenvalue weighted by Crippen LogP contribution is 2.22. The third-order valence-electron chi connectivity index (χ3n) is 2.83. The number of rotatable bonds is 6. The standard InChI is InChI=1S/C14H18N4O2/c1-15-9-13-16-7-8-18(13)10-14(19)17-11-5-3-4-6-12(11)20-2/h3-8,15H,9-10H2,1-2H3,(H,17,19). The van der Waals surface area contributed by atoms with Gasteiger partial charge in [0.15, 0.2) is 0 Å². The number of benzene rings is 1. The van der Waals surface area contributed by atoms with Crippen LogP contribution in [0.25, 0.3) is 0 Å². The molecule has 1 aromatic carbocycles. The summed E-state index contributed by atoms with van der Waals surface area (Å²) in [6, 6.07) is 7.32. The van der Waals surface area contributed by atoms with E-state index in [1.807, 2.05) is 19.2 Å². The minimum Gasteiger partial charge on any atom is -0.495 e. The van der Waals surface area contributed by atoms with Crippen LogP contribution >= 0.6 is 0 Å². The number of amides is 1. The van der Waals surface area contributed by atoms with Crippen molar-refractivity contribution in [2.45, 2.75) is 13.1 Å². The van der Waals surface area contributed by atoms with E-state index in [2.05, 4.69) is 15.6 Å². The van der Waals surface area contributed by atoms with Crippen LogP contribution in [0.15, 0.2) is 36.7 Å². The lowest BCUT2D eigenvalue weighted by molar-refractivity contribution is -0.116. The largest absolute Gasteiger partial charge is 0.495 e. The number of ether oxygens (including phenoxy) is 1. The smallest absolute Gasteiger partial charge is 0.244 e. The third kappa shape index (κ3) is 3.36. The second-order valence-corrected chi connectivity index (χ2v) is 4.25. The summed E-state index contributed by atoms with van der Waals surface area (Å²) in [5.41, 5.74) is 0.662. The van der Waals surface area contributed by atoms with Gasteiger partial charge in [-0.3, -0.25) is 4.79 Å². The van der Waals surface area contributed by atoms with Gasteiger partial charge in [0, 0.05) is 12.4 Å². The molecule has 0 spiro atoms. The molecule has 106 valence electrons. The van der Waals surface area contributed by atoms with Crippen LogP contribution in [0.2, 0.25) is 0 Å². The Morgan fingerprint density at radius 2 is 2.20 bits per heavy atom. The van der Waals surface area contributed by atoms with Crippen LogP contribution in [0.4, 0.5) is 5.69 Å². The molecular weight excluding hydrogens is 256 g/mol. The SMILES string of the molecule is CNCc1nccn1CC(=O)Nc1ccccc1OC. The molecule has 2 N–H and O–H groups in total. The maximum Gasteiger partial charge on any atom is 0.244 e. The maximum absolute atomic E-state index is 12.1. The van der Waals surface area contributed by atoms with Crippen molar-refractivity contribution in [1.29, 1.82) is 0 Å². The van der Waals surface area contributed by atoms with Crippen LogP contribution < -0.4 is 15.4 Å². The Hall–Kier alpha value is -2.34. The molecule has 20 heavy (non-hydrogen) atoms. The zero-order valence-corrected chi connectivity index (χ0v) is 11.6. The van der Waals surface area contributed by atoms with E-state index in [1.54, 1.807) is 36.2 Å². The zero-order valence-electron chi connectivity index (χ0n) is 11.6. The minimum atomic E-state index is -0.121. The first kappa shape index (κ1) is 14.1. The van der Waals surface area contributed by atoms with Gasteiger partial charge in [-0.1, -0.05) is 12.1 Å². The van der Waals surface area contributed by atoms with Crippen molar-refractivity contribution >= 4 is 11.6 Å². The van der Waals surface area contributed by atoms with E-state index in [0.29, 0.717) is 18.0 Å². The summed E-state index contributed by atoms with van der Waals surface area (Å²) in [7, 11) is 3.42. The molecule has 1 amide bonds. The maximum atomic E-state index is 12.1. The van der Waals surface area contributed by atoms with E-state index in [4.69, 9.17) is 4.74 Å². The number of hydrogen-bond acceptors (Lipinski definition) is 4. The molecule has 6 nitrogen and oxygen atoms in total. The Morgan fingerprint density at radius 1 is 1.40 bits per heavy atom. The minimum absolute atomic E-state index is 0.121. The summed E-state index contributed by atoms with van der Waals surface area (Å²) >= 11 is 0. The Labute approximate surface area is 117 Å². The van der Waals surface area contributed by atoms with Crippen LogP contribution in [0.5, 0.6) is 5.75 Å². The highest BCUT2D eigenvalue weighted by Gasteiger charge is 2.09. The van der Waals surface area contributed by atoms with Crippen molar-refractivity contribution in [3.05, 3.63) is 42.5 Å². The lowest BCUT2D eigenvalue weighted by Gasteiger charge is -2.11. The van der Waals surface area contributed by atoms with Crippen LogP contribution in [0.3, 0.4) is 0 Å². The van der Waals surface area contributed by atoms with Gasteiger partial charge in [-0.15, -0.1) is 0 Å². The first-order valence-electron chi connectivity index (χ1n) is 6.32. The summed E-state index contributed by atoms with van der Waals surface area (Å²) in [4.78, 5) is 16.3. The molecule has 0 fully saturated rings. The van der Waals surface area contributed by atoms with Gasteiger partial charge in [0.25, 0.3) is 0 Å². The van der Waals surface area contributed by atoms with Crippen LogP contribution in [-0.2, 0) is 17.9 Å². The van der Waals surface area contributed by atoms with E-state index in [9.17, 15) is 4.79 Å². The first-order valence-corrected chi connectivity index (χ1v) is 6.32. The molecule has 1 aromatic heterocycles. The number of methoxy groups -OCH3 is 1. The Morgan fingerprint density at radius 3 is 2.95 bits per heavy atom. The molecule has 2 rings (SSSR count). The van der Waals surface area contributed by atoms with Gasteiger partial charge in [-0.2, -0.15) is 0 Å². The number of imidazole rings is 1. The molecule has 2 aromatic rings. The van der Waals surface area contributed by atoms with Gasteiger partial charge in [0.1, 0.15) is 18.1 Å². The highest BCUT2D eigenvalue weighted by molar-refractivity contribution is 5.92. The number of carbonyl (C=O) groups is 1. The summed E-state index contributed by atoms with van der Waals surface area (Å²) in [5, 5.41) is 5.85. The molecule has 0 unspecified atom stereocenters. The van der Waals surface area contributed by atoms with Crippen molar-refractivity contribution in [2.24, 2.45) is 0 Å². The normalized spacial score (nSPS) is 10.3. The topological polar surface area (TPSA) is 68.2 Å². The summed E-state index contributed by atoms with van der Waals surface area (Å²) < 4.78 is 7.01. The van der Waals surface area contributed by atoms with Crippen molar-refractivity contribution in [3.63, 3.8) is 0 Å². The van der Waals surface area contributed by atoms with Gasteiger partial charge in [0.05, 0.1) is 19.3 Å². The van der Waals surface area contributed by atoms with Crippen LogP contribution in [-0.4, -0.2) is 29.6 Å². The molecule has 0 saturated carbocycles. The lowest BCUT2D eigenvalue weighted by Crippen LogP contribution is -2.21. The Balaban J connectivity index is 2.03. The fourth-order valence-corrected chi connectivity index (χ4v) is 1.90. The number of anilines is 1. The van der Waals surface area contributed by atoms with Gasteiger partial charge in [0.2, 0.25) is 5.91 Å². The number of para-hydroxylation sites is 2. The fourth-order valence-electron chi connectivity index (χ4n) is 1.90. The summed E-state index contributed by atoms with van der Waals surface area (Å²) in [6.07, 6.45) is 3.47. The van der Waals surface area contributed by atoms with Crippen molar-refractivity contribution in [2.75, 3.05) is 19.5 Å². The van der Waals surface area contributed by atoms with E-state index < -0.39 is 0 Å². The second-order valence-electron chi connectivity index (χ2n) is 4.25. The van der Waals surface area contributed by atoms with Crippen molar-refractivity contribution in [1.82, 2.24) is 14.9 Å². The molecule has 6 heteroatoms. The molecule has 0 saturated heterocycles. The highest BCUT2D eigenvalue weighted by atomic mass is 16.5. The first-order chi connectivity index (χ1) is 9.74.